The van der Waals surface area contributed by atoms with Crippen molar-refractivity contribution >= 4 is 15.8 Å². The number of carbonyl (C=O) groups is 1. The Bertz CT molecular complexity index is 379. The van der Waals surface area contributed by atoms with Gasteiger partial charge in [0.25, 0.3) is 0 Å². The number of esters is 1. The molecule has 1 atom stereocenters. The highest BCUT2D eigenvalue weighted by Gasteiger charge is 2.16. The van der Waals surface area contributed by atoms with E-state index in [1.807, 2.05) is 0 Å². The maximum atomic E-state index is 11.3. The van der Waals surface area contributed by atoms with Gasteiger partial charge in [0.15, 0.2) is 9.84 Å². The highest BCUT2D eigenvalue weighted by atomic mass is 32.2. The van der Waals surface area contributed by atoms with Crippen LogP contribution in [0.1, 0.15) is 33.6 Å². The molecule has 0 bridgehead atoms. The summed E-state index contributed by atoms with van der Waals surface area (Å²) in [4.78, 5) is 11.3. The Morgan fingerprint density at radius 2 is 1.94 bits per heavy atom. The van der Waals surface area contributed by atoms with Crippen molar-refractivity contribution in [2.45, 2.75) is 45.3 Å². The van der Waals surface area contributed by atoms with Crippen molar-refractivity contribution in [2.24, 2.45) is 5.73 Å². The number of hydrogen-bond donors (Lipinski definition) is 1. The monoisotopic (exact) mass is 263 g/mol. The van der Waals surface area contributed by atoms with Crippen molar-refractivity contribution in [3.05, 3.63) is 11.5 Å². The summed E-state index contributed by atoms with van der Waals surface area (Å²) in [5.41, 5.74) is 5.12. The van der Waals surface area contributed by atoms with Crippen LogP contribution in [0.5, 0.6) is 0 Å². The zero-order chi connectivity index (χ0) is 13.7. The van der Waals surface area contributed by atoms with Crippen LogP contribution >= 0.6 is 0 Å². The average Bonchev–Trinajstić information content (AvgIpc) is 2.07. The second-order valence-electron chi connectivity index (χ2n) is 4.95. The highest BCUT2D eigenvalue weighted by molar-refractivity contribution is 7.93. The van der Waals surface area contributed by atoms with E-state index in [0.29, 0.717) is 6.42 Å². The molecule has 0 rings (SSSR count). The Morgan fingerprint density at radius 1 is 1.41 bits per heavy atom. The molecule has 0 spiro atoms. The molecule has 0 aromatic heterocycles. The van der Waals surface area contributed by atoms with Gasteiger partial charge in [-0.25, -0.2) is 8.42 Å². The molecular formula is C11H21NO4S. The van der Waals surface area contributed by atoms with E-state index in [1.165, 1.54) is 6.08 Å². The fraction of sp³-hybridized carbons (Fsp3) is 0.727. The van der Waals surface area contributed by atoms with Gasteiger partial charge in [-0.05, 0) is 27.2 Å². The third-order valence-electron chi connectivity index (χ3n) is 1.67. The van der Waals surface area contributed by atoms with Gasteiger partial charge in [0, 0.05) is 24.1 Å². The molecule has 0 amide bonds. The Balaban J connectivity index is 4.05. The lowest BCUT2D eigenvalue weighted by molar-refractivity contribution is -0.154. The van der Waals surface area contributed by atoms with Gasteiger partial charge in [0.05, 0.1) is 0 Å². The zero-order valence-electron chi connectivity index (χ0n) is 10.8. The van der Waals surface area contributed by atoms with Gasteiger partial charge in [-0.1, -0.05) is 6.08 Å². The van der Waals surface area contributed by atoms with Gasteiger partial charge in [-0.2, -0.15) is 0 Å². The first-order valence-electron chi connectivity index (χ1n) is 5.35. The molecule has 0 aliphatic rings. The van der Waals surface area contributed by atoms with Crippen LogP contribution in [0.3, 0.4) is 0 Å². The molecule has 17 heavy (non-hydrogen) atoms. The fourth-order valence-corrected chi connectivity index (χ4v) is 1.50. The third kappa shape index (κ3) is 11.4. The summed E-state index contributed by atoms with van der Waals surface area (Å²) in [6.45, 7) is 5.36. The first kappa shape index (κ1) is 16.1. The van der Waals surface area contributed by atoms with E-state index >= 15 is 0 Å². The van der Waals surface area contributed by atoms with E-state index in [9.17, 15) is 13.2 Å². The number of rotatable bonds is 5. The lowest BCUT2D eigenvalue weighted by atomic mass is 10.1. The molecule has 0 heterocycles. The van der Waals surface area contributed by atoms with Gasteiger partial charge in [-0.3, -0.25) is 4.79 Å². The molecule has 100 valence electrons. The van der Waals surface area contributed by atoms with Crippen molar-refractivity contribution in [1.29, 1.82) is 0 Å². The Hall–Kier alpha value is -0.880. The van der Waals surface area contributed by atoms with Gasteiger partial charge < -0.3 is 10.5 Å². The zero-order valence-corrected chi connectivity index (χ0v) is 11.6. The van der Waals surface area contributed by atoms with E-state index in [2.05, 4.69) is 0 Å². The third-order valence-corrected chi connectivity index (χ3v) is 2.33. The topological polar surface area (TPSA) is 86.5 Å². The van der Waals surface area contributed by atoms with Gasteiger partial charge >= 0.3 is 5.97 Å². The van der Waals surface area contributed by atoms with Crippen LogP contribution in [0.15, 0.2) is 11.5 Å². The second kappa shape index (κ2) is 6.16. The molecule has 0 aromatic carbocycles. The first-order valence-corrected chi connectivity index (χ1v) is 7.31. The van der Waals surface area contributed by atoms with Crippen LogP contribution in [0.4, 0.5) is 0 Å². The molecular weight excluding hydrogens is 242 g/mol. The standard InChI is InChI=1S/C11H21NO4S/c1-11(2,3)16-10(13)6-5-9(12)7-8-17(4,14)15/h7-9H,5-6,12H2,1-4H3/t9-/m0/s1. The molecule has 6 heteroatoms. The number of ether oxygens (including phenoxy) is 1. The minimum Gasteiger partial charge on any atom is -0.460 e. The minimum atomic E-state index is -3.16. The van der Waals surface area contributed by atoms with E-state index in [-0.39, 0.29) is 12.4 Å². The van der Waals surface area contributed by atoms with E-state index in [1.54, 1.807) is 20.8 Å². The number of sulfone groups is 1. The number of nitrogens with two attached hydrogens (primary N) is 1. The Labute approximate surface area is 103 Å². The van der Waals surface area contributed by atoms with Crippen LogP contribution in [-0.2, 0) is 19.4 Å². The van der Waals surface area contributed by atoms with Gasteiger partial charge in [0.1, 0.15) is 5.60 Å². The summed E-state index contributed by atoms with van der Waals surface area (Å²) in [5.74, 6) is -0.333. The molecule has 0 unspecified atom stereocenters. The smallest absolute Gasteiger partial charge is 0.306 e. The average molecular weight is 263 g/mol. The van der Waals surface area contributed by atoms with Crippen LogP contribution in [-0.4, -0.2) is 32.3 Å². The van der Waals surface area contributed by atoms with E-state index in [0.717, 1.165) is 11.7 Å². The van der Waals surface area contributed by atoms with Crippen LogP contribution in [0.2, 0.25) is 0 Å². The molecule has 0 saturated heterocycles. The number of hydrogen-bond acceptors (Lipinski definition) is 5. The SMILES string of the molecule is CC(C)(C)OC(=O)CC[C@H](N)C=CS(C)(=O)=O. The highest BCUT2D eigenvalue weighted by Crippen LogP contribution is 2.09. The molecule has 0 radical (unpaired) electrons. The Kier molecular flexibility index (Phi) is 5.84. The van der Waals surface area contributed by atoms with Crippen molar-refractivity contribution in [1.82, 2.24) is 0 Å². The second-order valence-corrected chi connectivity index (χ2v) is 6.88. The van der Waals surface area contributed by atoms with Crippen LogP contribution < -0.4 is 5.73 Å². The quantitative estimate of drug-likeness (QED) is 0.748. The van der Waals surface area contributed by atoms with Crippen LogP contribution in [0.25, 0.3) is 0 Å². The van der Waals surface area contributed by atoms with Crippen molar-refractivity contribution in [3.63, 3.8) is 0 Å². The van der Waals surface area contributed by atoms with Crippen molar-refractivity contribution < 1.29 is 17.9 Å². The lowest BCUT2D eigenvalue weighted by Crippen LogP contribution is -2.25. The largest absolute Gasteiger partial charge is 0.460 e. The molecule has 5 nitrogen and oxygen atoms in total. The van der Waals surface area contributed by atoms with Gasteiger partial charge in [0.2, 0.25) is 0 Å². The summed E-state index contributed by atoms with van der Waals surface area (Å²) in [7, 11) is -3.16. The molecule has 2 N–H and O–H groups in total. The fourth-order valence-electron chi connectivity index (χ4n) is 1.02. The molecule has 0 aliphatic heterocycles. The van der Waals surface area contributed by atoms with Crippen molar-refractivity contribution in [2.75, 3.05) is 6.26 Å². The summed E-state index contributed by atoms with van der Waals surface area (Å²) < 4.78 is 26.8. The van der Waals surface area contributed by atoms with E-state index in [4.69, 9.17) is 10.5 Å². The van der Waals surface area contributed by atoms with Crippen molar-refractivity contribution in [3.8, 4) is 0 Å². The maximum absolute atomic E-state index is 11.3. The number of carbonyl (C=O) groups excluding carboxylic acids is 1. The predicted octanol–water partition coefficient (Wildman–Crippen LogP) is 0.994. The first-order chi connectivity index (χ1) is 7.49. The summed E-state index contributed by atoms with van der Waals surface area (Å²) in [6.07, 6.45) is 3.00. The Morgan fingerprint density at radius 3 is 2.35 bits per heavy atom. The molecule has 0 aromatic rings. The minimum absolute atomic E-state index is 0.173. The molecule has 0 aliphatic carbocycles. The van der Waals surface area contributed by atoms with E-state index < -0.39 is 21.5 Å². The summed E-state index contributed by atoms with van der Waals surface area (Å²) in [5, 5.41) is 1.05. The van der Waals surface area contributed by atoms with Crippen LogP contribution in [0, 0.1) is 0 Å². The normalized spacial score (nSPS) is 14.9. The summed E-state index contributed by atoms with van der Waals surface area (Å²) in [6, 6.07) is -0.461. The molecule has 0 saturated carbocycles. The molecule has 0 fully saturated rings. The van der Waals surface area contributed by atoms with Gasteiger partial charge in [-0.15, -0.1) is 0 Å². The predicted molar refractivity (Wildman–Crippen MR) is 67.0 cm³/mol. The maximum Gasteiger partial charge on any atom is 0.306 e. The lowest BCUT2D eigenvalue weighted by Gasteiger charge is -2.19. The summed E-state index contributed by atoms with van der Waals surface area (Å²) >= 11 is 0.